The molecule has 2 heterocycles. The van der Waals surface area contributed by atoms with Crippen LogP contribution in [0.2, 0.25) is 0 Å². The van der Waals surface area contributed by atoms with Crippen LogP contribution in [0.5, 0.6) is 0 Å². The first-order chi connectivity index (χ1) is 6.70. The molecular weight excluding hydrogens is 178 g/mol. The number of aromatic nitrogens is 2. The van der Waals surface area contributed by atoms with Gasteiger partial charge in [0.05, 0.1) is 18.6 Å². The van der Waals surface area contributed by atoms with Crippen LogP contribution in [0.3, 0.4) is 0 Å². The van der Waals surface area contributed by atoms with E-state index in [2.05, 4.69) is 22.2 Å². The van der Waals surface area contributed by atoms with Gasteiger partial charge in [0.2, 0.25) is 0 Å². The molecule has 0 radical (unpaired) electrons. The summed E-state index contributed by atoms with van der Waals surface area (Å²) in [5.41, 5.74) is 2.36. The van der Waals surface area contributed by atoms with Crippen LogP contribution in [-0.4, -0.2) is 28.7 Å². The summed E-state index contributed by atoms with van der Waals surface area (Å²) in [5.74, 6) is 0. The van der Waals surface area contributed by atoms with Crippen molar-refractivity contribution in [2.24, 2.45) is 0 Å². The SMILES string of the molecule is Cc1[nH]cnc1CNC1(C)CCOC1. The topological polar surface area (TPSA) is 49.9 Å². The number of nitrogens with one attached hydrogen (secondary N) is 2. The molecule has 4 heteroatoms. The summed E-state index contributed by atoms with van der Waals surface area (Å²) in [6.45, 7) is 6.72. The Bertz CT molecular complexity index is 302. The minimum atomic E-state index is 0.130. The summed E-state index contributed by atoms with van der Waals surface area (Å²) in [5, 5.41) is 3.49. The lowest BCUT2D eigenvalue weighted by atomic mass is 10.0. The number of hydrogen-bond donors (Lipinski definition) is 2. The van der Waals surface area contributed by atoms with Gasteiger partial charge in [-0.15, -0.1) is 0 Å². The summed E-state index contributed by atoms with van der Waals surface area (Å²) in [7, 11) is 0. The van der Waals surface area contributed by atoms with E-state index < -0.39 is 0 Å². The summed E-state index contributed by atoms with van der Waals surface area (Å²) < 4.78 is 5.37. The highest BCUT2D eigenvalue weighted by molar-refractivity contribution is 5.08. The van der Waals surface area contributed by atoms with Crippen molar-refractivity contribution >= 4 is 0 Å². The molecule has 1 fully saturated rings. The van der Waals surface area contributed by atoms with Crippen LogP contribution in [0, 0.1) is 6.92 Å². The Balaban J connectivity index is 1.91. The van der Waals surface area contributed by atoms with E-state index in [0.29, 0.717) is 0 Å². The van der Waals surface area contributed by atoms with E-state index in [-0.39, 0.29) is 5.54 Å². The van der Waals surface area contributed by atoms with Crippen molar-refractivity contribution in [3.8, 4) is 0 Å². The van der Waals surface area contributed by atoms with Gasteiger partial charge in [-0.05, 0) is 20.3 Å². The highest BCUT2D eigenvalue weighted by Crippen LogP contribution is 2.18. The van der Waals surface area contributed by atoms with E-state index in [1.54, 1.807) is 6.33 Å². The fraction of sp³-hybridized carbons (Fsp3) is 0.700. The van der Waals surface area contributed by atoms with Crippen LogP contribution in [0.25, 0.3) is 0 Å². The minimum Gasteiger partial charge on any atom is -0.379 e. The highest BCUT2D eigenvalue weighted by atomic mass is 16.5. The van der Waals surface area contributed by atoms with E-state index in [0.717, 1.165) is 37.6 Å². The zero-order chi connectivity index (χ0) is 10.0. The molecule has 2 rings (SSSR count). The molecule has 2 N–H and O–H groups in total. The molecule has 1 aromatic heterocycles. The van der Waals surface area contributed by atoms with Gasteiger partial charge >= 0.3 is 0 Å². The first kappa shape index (κ1) is 9.68. The minimum absolute atomic E-state index is 0.130. The second-order valence-electron chi connectivity index (χ2n) is 4.19. The Morgan fingerprint density at radius 1 is 1.71 bits per heavy atom. The number of ether oxygens (including phenoxy) is 1. The van der Waals surface area contributed by atoms with Gasteiger partial charge in [0, 0.05) is 24.4 Å². The molecule has 1 atom stereocenters. The first-order valence-corrected chi connectivity index (χ1v) is 5.01. The molecule has 0 aliphatic carbocycles. The van der Waals surface area contributed by atoms with Crippen molar-refractivity contribution in [3.63, 3.8) is 0 Å². The van der Waals surface area contributed by atoms with Gasteiger partial charge in [-0.2, -0.15) is 0 Å². The normalized spacial score (nSPS) is 27.0. The maximum atomic E-state index is 5.37. The molecule has 1 aliphatic heterocycles. The Hall–Kier alpha value is -0.870. The van der Waals surface area contributed by atoms with Gasteiger partial charge in [0.15, 0.2) is 0 Å². The second kappa shape index (κ2) is 3.71. The van der Waals surface area contributed by atoms with Crippen LogP contribution in [0.4, 0.5) is 0 Å². The molecule has 1 aliphatic rings. The molecule has 4 nitrogen and oxygen atoms in total. The Morgan fingerprint density at radius 3 is 3.14 bits per heavy atom. The Labute approximate surface area is 84.1 Å². The molecule has 0 saturated carbocycles. The highest BCUT2D eigenvalue weighted by Gasteiger charge is 2.28. The number of imidazole rings is 1. The molecule has 0 amide bonds. The van der Waals surface area contributed by atoms with Crippen LogP contribution >= 0.6 is 0 Å². The van der Waals surface area contributed by atoms with Crippen molar-refractivity contribution in [3.05, 3.63) is 17.7 Å². The van der Waals surface area contributed by atoms with Crippen LogP contribution < -0.4 is 5.32 Å². The van der Waals surface area contributed by atoms with Gasteiger partial charge in [-0.1, -0.05) is 0 Å². The number of H-pyrrole nitrogens is 1. The largest absolute Gasteiger partial charge is 0.379 e. The third-order valence-corrected chi connectivity index (χ3v) is 2.84. The van der Waals surface area contributed by atoms with E-state index in [4.69, 9.17) is 4.74 Å². The van der Waals surface area contributed by atoms with Crippen molar-refractivity contribution < 1.29 is 4.74 Å². The lowest BCUT2D eigenvalue weighted by Gasteiger charge is -2.23. The number of nitrogens with zero attached hydrogens (tertiary/aromatic N) is 1. The monoisotopic (exact) mass is 195 g/mol. The number of aromatic amines is 1. The van der Waals surface area contributed by atoms with Gasteiger partial charge in [0.25, 0.3) is 0 Å². The quantitative estimate of drug-likeness (QED) is 0.756. The van der Waals surface area contributed by atoms with Crippen molar-refractivity contribution in [2.45, 2.75) is 32.4 Å². The maximum Gasteiger partial charge on any atom is 0.0925 e. The third-order valence-electron chi connectivity index (χ3n) is 2.84. The number of aryl methyl sites for hydroxylation is 1. The van der Waals surface area contributed by atoms with Crippen LogP contribution in [0.1, 0.15) is 24.7 Å². The number of hydrogen-bond acceptors (Lipinski definition) is 3. The maximum absolute atomic E-state index is 5.37. The van der Waals surface area contributed by atoms with Crippen LogP contribution in [0.15, 0.2) is 6.33 Å². The average molecular weight is 195 g/mol. The fourth-order valence-corrected chi connectivity index (χ4v) is 1.67. The first-order valence-electron chi connectivity index (χ1n) is 5.01. The molecule has 14 heavy (non-hydrogen) atoms. The lowest BCUT2D eigenvalue weighted by molar-refractivity contribution is 0.171. The third kappa shape index (κ3) is 1.96. The zero-order valence-corrected chi connectivity index (χ0v) is 8.76. The van der Waals surface area contributed by atoms with Crippen molar-refractivity contribution in [1.29, 1.82) is 0 Å². The molecule has 1 unspecified atom stereocenters. The fourth-order valence-electron chi connectivity index (χ4n) is 1.67. The molecule has 0 spiro atoms. The number of rotatable bonds is 3. The Kier molecular flexibility index (Phi) is 2.56. The van der Waals surface area contributed by atoms with E-state index in [1.165, 1.54) is 0 Å². The summed E-state index contributed by atoms with van der Waals surface area (Å²) in [6, 6.07) is 0. The van der Waals surface area contributed by atoms with Crippen molar-refractivity contribution in [2.75, 3.05) is 13.2 Å². The molecule has 1 saturated heterocycles. The summed E-state index contributed by atoms with van der Waals surface area (Å²) in [6.07, 6.45) is 2.82. The summed E-state index contributed by atoms with van der Waals surface area (Å²) in [4.78, 5) is 7.32. The van der Waals surface area contributed by atoms with Gasteiger partial charge in [-0.3, -0.25) is 0 Å². The Morgan fingerprint density at radius 2 is 2.57 bits per heavy atom. The second-order valence-corrected chi connectivity index (χ2v) is 4.19. The molecule has 0 bridgehead atoms. The standard InChI is InChI=1S/C10H17N3O/c1-8-9(12-7-11-8)5-13-10(2)3-4-14-6-10/h7,13H,3-6H2,1-2H3,(H,11,12). The molecule has 1 aromatic rings. The van der Waals surface area contributed by atoms with Gasteiger partial charge in [-0.25, -0.2) is 4.98 Å². The smallest absolute Gasteiger partial charge is 0.0925 e. The molecule has 0 aromatic carbocycles. The van der Waals surface area contributed by atoms with Gasteiger partial charge < -0.3 is 15.0 Å². The summed E-state index contributed by atoms with van der Waals surface area (Å²) >= 11 is 0. The van der Waals surface area contributed by atoms with E-state index in [1.807, 2.05) is 6.92 Å². The predicted octanol–water partition coefficient (Wildman–Crippen LogP) is 0.987. The predicted molar refractivity (Wildman–Crippen MR) is 54.0 cm³/mol. The molecular formula is C10H17N3O. The molecule has 78 valence electrons. The van der Waals surface area contributed by atoms with Crippen LogP contribution in [-0.2, 0) is 11.3 Å². The lowest BCUT2D eigenvalue weighted by Crippen LogP contribution is -2.42. The average Bonchev–Trinajstić information content (AvgIpc) is 2.73. The van der Waals surface area contributed by atoms with E-state index in [9.17, 15) is 0 Å². The zero-order valence-electron chi connectivity index (χ0n) is 8.76. The van der Waals surface area contributed by atoms with E-state index >= 15 is 0 Å². The van der Waals surface area contributed by atoms with Crippen molar-refractivity contribution in [1.82, 2.24) is 15.3 Å². The van der Waals surface area contributed by atoms with Gasteiger partial charge in [0.1, 0.15) is 0 Å².